The molecule has 1 aromatic rings. The maximum atomic E-state index is 12.7. The summed E-state index contributed by atoms with van der Waals surface area (Å²) >= 11 is 0. The predicted molar refractivity (Wildman–Crippen MR) is 68.4 cm³/mol. The zero-order valence-electron chi connectivity index (χ0n) is 10.6. The number of nitrogens with one attached hydrogen (secondary N) is 2. The normalized spacial score (nSPS) is 23.7. The summed E-state index contributed by atoms with van der Waals surface area (Å²) < 4.78 is 12.7. The van der Waals surface area contributed by atoms with E-state index < -0.39 is 0 Å². The molecule has 0 aromatic heterocycles. The van der Waals surface area contributed by atoms with Crippen LogP contribution in [0.2, 0.25) is 0 Å². The molecule has 1 saturated heterocycles. The molecule has 0 aliphatic carbocycles. The molecule has 98 valence electrons. The van der Waals surface area contributed by atoms with Crippen molar-refractivity contribution in [2.45, 2.75) is 32.4 Å². The van der Waals surface area contributed by atoms with Crippen LogP contribution in [0.5, 0.6) is 0 Å². The highest BCUT2D eigenvalue weighted by Gasteiger charge is 2.23. The summed E-state index contributed by atoms with van der Waals surface area (Å²) in [5, 5.41) is 6.21. The first-order chi connectivity index (χ1) is 8.65. The quantitative estimate of drug-likeness (QED) is 0.859. The molecule has 2 rings (SSSR count). The van der Waals surface area contributed by atoms with Gasteiger partial charge in [-0.1, -0.05) is 12.1 Å². The molecule has 1 aliphatic rings. The number of benzene rings is 1. The fourth-order valence-electron chi connectivity index (χ4n) is 2.16. The third-order valence-corrected chi connectivity index (χ3v) is 3.41. The molecule has 1 aliphatic heterocycles. The number of piperidine rings is 1. The molecule has 4 heteroatoms. The molecule has 1 fully saturated rings. The Bertz CT molecular complexity index is 397. The van der Waals surface area contributed by atoms with Gasteiger partial charge < -0.3 is 10.6 Å². The molecule has 18 heavy (non-hydrogen) atoms. The Hall–Kier alpha value is -1.42. The Balaban J connectivity index is 1.79. The fourth-order valence-corrected chi connectivity index (χ4v) is 2.16. The number of amides is 1. The maximum absolute atomic E-state index is 12.7. The summed E-state index contributed by atoms with van der Waals surface area (Å²) in [6.07, 6.45) is 1.97. The zero-order chi connectivity index (χ0) is 13.0. The van der Waals surface area contributed by atoms with E-state index in [0.717, 1.165) is 24.9 Å². The number of halogens is 1. The Kier molecular flexibility index (Phi) is 4.31. The molecule has 0 spiro atoms. The predicted octanol–water partition coefficient (Wildman–Crippen LogP) is 1.83. The van der Waals surface area contributed by atoms with Crippen molar-refractivity contribution in [1.82, 2.24) is 10.6 Å². The van der Waals surface area contributed by atoms with Crippen molar-refractivity contribution in [2.24, 2.45) is 5.92 Å². The minimum atomic E-state index is -0.254. The van der Waals surface area contributed by atoms with E-state index in [9.17, 15) is 9.18 Å². The molecule has 1 aromatic carbocycles. The number of carbonyl (C=O) groups is 1. The second-order valence-electron chi connectivity index (χ2n) is 4.93. The van der Waals surface area contributed by atoms with Crippen molar-refractivity contribution in [3.05, 3.63) is 35.6 Å². The summed E-state index contributed by atoms with van der Waals surface area (Å²) in [5.41, 5.74) is 0.918. The molecule has 2 unspecified atom stereocenters. The van der Waals surface area contributed by atoms with Gasteiger partial charge in [-0.25, -0.2) is 4.39 Å². The van der Waals surface area contributed by atoms with Crippen LogP contribution in [0, 0.1) is 11.7 Å². The average Bonchev–Trinajstić information content (AvgIpc) is 2.38. The monoisotopic (exact) mass is 250 g/mol. The lowest BCUT2D eigenvalue weighted by Gasteiger charge is -2.26. The second-order valence-corrected chi connectivity index (χ2v) is 4.93. The Morgan fingerprint density at radius 3 is 2.72 bits per heavy atom. The van der Waals surface area contributed by atoms with Gasteiger partial charge in [-0.05, 0) is 37.5 Å². The topological polar surface area (TPSA) is 41.1 Å². The lowest BCUT2D eigenvalue weighted by atomic mass is 9.95. The standard InChI is InChI=1S/C14H19FN2O/c1-10-2-5-12(9-16-10)14(18)17-8-11-3-6-13(15)7-4-11/h3-4,6-7,10,12,16H,2,5,8-9H2,1H3,(H,17,18). The SMILES string of the molecule is CC1CCC(C(=O)NCc2ccc(F)cc2)CN1. The molecule has 0 radical (unpaired) electrons. The van der Waals surface area contributed by atoms with Gasteiger partial charge >= 0.3 is 0 Å². The van der Waals surface area contributed by atoms with Crippen LogP contribution in [0.3, 0.4) is 0 Å². The summed E-state index contributed by atoms with van der Waals surface area (Å²) in [6.45, 7) is 3.34. The van der Waals surface area contributed by atoms with Crippen LogP contribution in [0.25, 0.3) is 0 Å². The van der Waals surface area contributed by atoms with E-state index in [-0.39, 0.29) is 17.6 Å². The van der Waals surface area contributed by atoms with E-state index in [1.807, 2.05) is 0 Å². The zero-order valence-corrected chi connectivity index (χ0v) is 10.6. The average molecular weight is 250 g/mol. The summed E-state index contributed by atoms with van der Waals surface area (Å²) in [4.78, 5) is 11.9. The van der Waals surface area contributed by atoms with Crippen LogP contribution in [-0.4, -0.2) is 18.5 Å². The molecular formula is C14H19FN2O. The van der Waals surface area contributed by atoms with Crippen molar-refractivity contribution in [1.29, 1.82) is 0 Å². The highest BCUT2D eigenvalue weighted by molar-refractivity contribution is 5.78. The molecular weight excluding hydrogens is 231 g/mol. The number of hydrogen-bond donors (Lipinski definition) is 2. The molecule has 3 nitrogen and oxygen atoms in total. The van der Waals surface area contributed by atoms with E-state index >= 15 is 0 Å². The van der Waals surface area contributed by atoms with E-state index in [1.165, 1.54) is 12.1 Å². The minimum absolute atomic E-state index is 0.0571. The van der Waals surface area contributed by atoms with E-state index in [2.05, 4.69) is 17.6 Å². The molecule has 1 amide bonds. The first-order valence-corrected chi connectivity index (χ1v) is 6.40. The Morgan fingerprint density at radius 2 is 2.11 bits per heavy atom. The van der Waals surface area contributed by atoms with Crippen molar-refractivity contribution >= 4 is 5.91 Å². The second kappa shape index (κ2) is 5.96. The highest BCUT2D eigenvalue weighted by atomic mass is 19.1. The van der Waals surface area contributed by atoms with Crippen LogP contribution >= 0.6 is 0 Å². The van der Waals surface area contributed by atoms with Gasteiger partial charge in [0.15, 0.2) is 0 Å². The minimum Gasteiger partial charge on any atom is -0.352 e. The van der Waals surface area contributed by atoms with Crippen molar-refractivity contribution in [2.75, 3.05) is 6.54 Å². The largest absolute Gasteiger partial charge is 0.352 e. The van der Waals surface area contributed by atoms with Crippen molar-refractivity contribution < 1.29 is 9.18 Å². The Morgan fingerprint density at radius 1 is 1.39 bits per heavy atom. The molecule has 2 N–H and O–H groups in total. The maximum Gasteiger partial charge on any atom is 0.224 e. The van der Waals surface area contributed by atoms with Gasteiger partial charge in [-0.15, -0.1) is 0 Å². The van der Waals surface area contributed by atoms with Gasteiger partial charge in [0, 0.05) is 19.1 Å². The third kappa shape index (κ3) is 3.53. The smallest absolute Gasteiger partial charge is 0.224 e. The first kappa shape index (κ1) is 13.0. The Labute approximate surface area is 107 Å². The van der Waals surface area contributed by atoms with E-state index in [1.54, 1.807) is 12.1 Å². The fraction of sp³-hybridized carbons (Fsp3) is 0.500. The summed E-state index contributed by atoms with van der Waals surface area (Å²) in [5.74, 6) is -0.115. The summed E-state index contributed by atoms with van der Waals surface area (Å²) in [7, 11) is 0. The first-order valence-electron chi connectivity index (χ1n) is 6.40. The molecule has 0 bridgehead atoms. The van der Waals surface area contributed by atoms with Crippen LogP contribution in [-0.2, 0) is 11.3 Å². The number of hydrogen-bond acceptors (Lipinski definition) is 2. The molecule has 0 saturated carbocycles. The van der Waals surface area contributed by atoms with Gasteiger partial charge in [0.05, 0.1) is 5.92 Å². The lowest BCUT2D eigenvalue weighted by Crippen LogP contribution is -2.43. The summed E-state index contributed by atoms with van der Waals surface area (Å²) in [6, 6.07) is 6.70. The highest BCUT2D eigenvalue weighted by Crippen LogP contribution is 2.14. The van der Waals surface area contributed by atoms with Crippen molar-refractivity contribution in [3.63, 3.8) is 0 Å². The van der Waals surface area contributed by atoms with Crippen LogP contribution in [0.15, 0.2) is 24.3 Å². The van der Waals surface area contributed by atoms with E-state index in [4.69, 9.17) is 0 Å². The van der Waals surface area contributed by atoms with Gasteiger partial charge in [-0.3, -0.25) is 4.79 Å². The number of carbonyl (C=O) groups excluding carboxylic acids is 1. The van der Waals surface area contributed by atoms with E-state index in [0.29, 0.717) is 12.6 Å². The van der Waals surface area contributed by atoms with Gasteiger partial charge in [0.25, 0.3) is 0 Å². The third-order valence-electron chi connectivity index (χ3n) is 3.41. The lowest BCUT2D eigenvalue weighted by molar-refractivity contribution is -0.125. The van der Waals surface area contributed by atoms with Gasteiger partial charge in [0.2, 0.25) is 5.91 Å². The van der Waals surface area contributed by atoms with Gasteiger partial charge in [-0.2, -0.15) is 0 Å². The van der Waals surface area contributed by atoms with Crippen LogP contribution < -0.4 is 10.6 Å². The number of rotatable bonds is 3. The van der Waals surface area contributed by atoms with Gasteiger partial charge in [0.1, 0.15) is 5.82 Å². The van der Waals surface area contributed by atoms with Crippen molar-refractivity contribution in [3.8, 4) is 0 Å². The van der Waals surface area contributed by atoms with Crippen LogP contribution in [0.4, 0.5) is 4.39 Å². The van der Waals surface area contributed by atoms with Crippen LogP contribution in [0.1, 0.15) is 25.3 Å². The molecule has 1 heterocycles. The molecule has 2 atom stereocenters.